The summed E-state index contributed by atoms with van der Waals surface area (Å²) in [6.07, 6.45) is 6.30. The Hall–Kier alpha value is -7.20. The van der Waals surface area contributed by atoms with E-state index in [1.807, 2.05) is 17.4 Å². The number of rotatable bonds is 7. The number of hydrogen-bond donors (Lipinski definition) is 0. The minimum atomic E-state index is 1.14. The zero-order valence-corrected chi connectivity index (χ0v) is 32.9. The Bertz CT molecular complexity index is 3460. The number of para-hydroxylation sites is 3. The van der Waals surface area contributed by atoms with Crippen molar-refractivity contribution in [1.29, 1.82) is 0 Å². The first-order valence-electron chi connectivity index (χ1n) is 19.8. The lowest BCUT2D eigenvalue weighted by Crippen LogP contribution is -1.96. The van der Waals surface area contributed by atoms with Crippen LogP contribution in [0.15, 0.2) is 207 Å². The quantitative estimate of drug-likeness (QED) is 0.143. The van der Waals surface area contributed by atoms with Gasteiger partial charge in [-0.15, -0.1) is 11.3 Å². The van der Waals surface area contributed by atoms with Gasteiger partial charge in [-0.2, -0.15) is 0 Å². The Balaban J connectivity index is 1.16. The Morgan fingerprint density at radius 2 is 1.16 bits per heavy atom. The number of thiophene rings is 1. The van der Waals surface area contributed by atoms with Gasteiger partial charge in [-0.3, -0.25) is 0 Å². The second kappa shape index (κ2) is 13.8. The Morgan fingerprint density at radius 3 is 1.95 bits per heavy atom. The van der Waals surface area contributed by atoms with Crippen molar-refractivity contribution in [3.8, 4) is 22.5 Å². The molecule has 58 heavy (non-hydrogen) atoms. The van der Waals surface area contributed by atoms with Gasteiger partial charge >= 0.3 is 0 Å². The van der Waals surface area contributed by atoms with Crippen molar-refractivity contribution in [3.05, 3.63) is 218 Å². The molecule has 274 valence electrons. The molecule has 0 aliphatic carbocycles. The van der Waals surface area contributed by atoms with E-state index >= 15 is 0 Å². The lowest BCUT2D eigenvalue weighted by Gasteiger charge is -2.14. The van der Waals surface area contributed by atoms with Crippen molar-refractivity contribution in [3.63, 3.8) is 0 Å². The number of aromatic nitrogens is 2. The Labute approximate surface area is 341 Å². The molecular weight excluding hydrogens is 721 g/mol. The van der Waals surface area contributed by atoms with Crippen molar-refractivity contribution < 1.29 is 0 Å². The zero-order valence-electron chi connectivity index (χ0n) is 32.1. The largest absolute Gasteiger partial charge is 0.309 e. The minimum absolute atomic E-state index is 1.14. The van der Waals surface area contributed by atoms with Gasteiger partial charge in [0.25, 0.3) is 0 Å². The first kappa shape index (κ1) is 34.1. The van der Waals surface area contributed by atoms with E-state index in [2.05, 4.69) is 217 Å². The van der Waals surface area contributed by atoms with E-state index in [0.29, 0.717) is 0 Å². The molecule has 2 nitrogen and oxygen atoms in total. The van der Waals surface area contributed by atoms with Crippen LogP contribution in [0, 0.1) is 0 Å². The molecule has 8 aromatic carbocycles. The number of fused-ring (bicyclic) bond motifs is 9. The average molecular weight is 759 g/mol. The van der Waals surface area contributed by atoms with Crippen LogP contribution in [-0.4, -0.2) is 9.13 Å². The van der Waals surface area contributed by atoms with Crippen LogP contribution < -0.4 is 0 Å². The summed E-state index contributed by atoms with van der Waals surface area (Å²) in [5, 5.41) is 7.56. The second-order valence-corrected chi connectivity index (χ2v) is 16.0. The molecule has 3 heteroatoms. The summed E-state index contributed by atoms with van der Waals surface area (Å²) in [6.45, 7) is 6.30. The van der Waals surface area contributed by atoms with E-state index in [1.54, 1.807) is 0 Å². The number of allylic oxidation sites excluding steroid dienone is 5. The van der Waals surface area contributed by atoms with Gasteiger partial charge in [-0.05, 0) is 101 Å². The summed E-state index contributed by atoms with van der Waals surface area (Å²) in [5.74, 6) is 0. The molecule has 0 atom stereocenters. The molecule has 0 saturated carbocycles. The predicted octanol–water partition coefficient (Wildman–Crippen LogP) is 15.6. The highest BCUT2D eigenvalue weighted by molar-refractivity contribution is 7.26. The standard InChI is InChI=1S/C55H38N2S/c1-3-17-38(37-18-6-4-7-19-37)32-36(2)46-34-41(35-48-44-23-12-15-29-53(44)58-55(46)48)57-50-27-14-11-24-45(50)54-42(25-16-28-52(54)57)39-30-31-51-47(33-39)43-22-10-13-26-49(43)56(51)40-20-8-5-9-21-40/h3-35H,1H2,2H3/b36-32+,38-17+. The normalized spacial score (nSPS) is 12.5. The molecule has 0 radical (unpaired) electrons. The molecule has 0 N–H and O–H groups in total. The monoisotopic (exact) mass is 758 g/mol. The fourth-order valence-corrected chi connectivity index (χ4v) is 10.3. The van der Waals surface area contributed by atoms with Gasteiger partial charge in [-0.25, -0.2) is 0 Å². The fourth-order valence-electron chi connectivity index (χ4n) is 9.06. The molecular formula is C55H38N2S. The molecule has 3 heterocycles. The molecule has 0 fully saturated rings. The lowest BCUT2D eigenvalue weighted by molar-refractivity contribution is 1.18. The van der Waals surface area contributed by atoms with Crippen LogP contribution in [-0.2, 0) is 0 Å². The van der Waals surface area contributed by atoms with Gasteiger partial charge in [-0.1, -0.05) is 146 Å². The minimum Gasteiger partial charge on any atom is -0.309 e. The third kappa shape index (κ3) is 5.39. The summed E-state index contributed by atoms with van der Waals surface area (Å²) in [4.78, 5) is 0. The molecule has 0 aliphatic heterocycles. The smallest absolute Gasteiger partial charge is 0.0547 e. The maximum Gasteiger partial charge on any atom is 0.0547 e. The van der Waals surface area contributed by atoms with Crippen molar-refractivity contribution in [2.24, 2.45) is 0 Å². The Morgan fingerprint density at radius 1 is 0.517 bits per heavy atom. The van der Waals surface area contributed by atoms with Crippen molar-refractivity contribution in [2.75, 3.05) is 0 Å². The molecule has 0 saturated heterocycles. The van der Waals surface area contributed by atoms with E-state index < -0.39 is 0 Å². The number of hydrogen-bond acceptors (Lipinski definition) is 1. The molecule has 0 spiro atoms. The van der Waals surface area contributed by atoms with Crippen LogP contribution in [0.3, 0.4) is 0 Å². The van der Waals surface area contributed by atoms with Crippen LogP contribution in [0.4, 0.5) is 0 Å². The van der Waals surface area contributed by atoms with Crippen LogP contribution >= 0.6 is 11.3 Å². The summed E-state index contributed by atoms with van der Waals surface area (Å²) < 4.78 is 7.46. The molecule has 0 aliphatic rings. The van der Waals surface area contributed by atoms with E-state index in [1.165, 1.54) is 97.3 Å². The molecule has 0 bridgehead atoms. The molecule has 0 unspecified atom stereocenters. The summed E-state index contributed by atoms with van der Waals surface area (Å²) in [5.41, 5.74) is 14.3. The topological polar surface area (TPSA) is 9.86 Å². The first-order chi connectivity index (χ1) is 28.7. The van der Waals surface area contributed by atoms with Crippen LogP contribution in [0.25, 0.3) is 97.4 Å². The van der Waals surface area contributed by atoms with Crippen LogP contribution in [0.1, 0.15) is 18.1 Å². The number of nitrogens with zero attached hydrogens (tertiary/aromatic N) is 2. The van der Waals surface area contributed by atoms with Gasteiger partial charge in [0.05, 0.1) is 22.1 Å². The maximum atomic E-state index is 4.05. The highest BCUT2D eigenvalue weighted by Gasteiger charge is 2.20. The highest BCUT2D eigenvalue weighted by atomic mass is 32.1. The summed E-state index contributed by atoms with van der Waals surface area (Å²) in [6, 6.07) is 66.4. The lowest BCUT2D eigenvalue weighted by atomic mass is 9.97. The first-order valence-corrected chi connectivity index (χ1v) is 20.6. The average Bonchev–Trinajstić information content (AvgIpc) is 3.94. The van der Waals surface area contributed by atoms with E-state index in [9.17, 15) is 0 Å². The van der Waals surface area contributed by atoms with E-state index in [0.717, 1.165) is 11.3 Å². The van der Waals surface area contributed by atoms with Crippen LogP contribution in [0.5, 0.6) is 0 Å². The van der Waals surface area contributed by atoms with Gasteiger partial charge in [0.1, 0.15) is 0 Å². The third-order valence-corrected chi connectivity index (χ3v) is 12.8. The molecule has 3 aromatic heterocycles. The second-order valence-electron chi connectivity index (χ2n) is 15.0. The fraction of sp³-hybridized carbons (Fsp3) is 0.0182. The van der Waals surface area contributed by atoms with Gasteiger partial charge in [0, 0.05) is 53.1 Å². The predicted molar refractivity (Wildman–Crippen MR) is 252 cm³/mol. The van der Waals surface area contributed by atoms with Crippen molar-refractivity contribution in [1.82, 2.24) is 9.13 Å². The molecule has 0 amide bonds. The zero-order chi connectivity index (χ0) is 38.7. The van der Waals surface area contributed by atoms with Gasteiger partial charge < -0.3 is 9.13 Å². The summed E-state index contributed by atoms with van der Waals surface area (Å²) in [7, 11) is 0. The van der Waals surface area contributed by atoms with E-state index in [-0.39, 0.29) is 0 Å². The van der Waals surface area contributed by atoms with Crippen LogP contribution in [0.2, 0.25) is 0 Å². The summed E-state index contributed by atoms with van der Waals surface area (Å²) >= 11 is 1.88. The van der Waals surface area contributed by atoms with Crippen molar-refractivity contribution in [2.45, 2.75) is 6.92 Å². The third-order valence-electron chi connectivity index (χ3n) is 11.6. The molecule has 11 aromatic rings. The molecule has 11 rings (SSSR count). The van der Waals surface area contributed by atoms with Gasteiger partial charge in [0.15, 0.2) is 0 Å². The van der Waals surface area contributed by atoms with E-state index in [4.69, 9.17) is 0 Å². The maximum absolute atomic E-state index is 4.05. The van der Waals surface area contributed by atoms with Crippen molar-refractivity contribution >= 4 is 86.3 Å². The SMILES string of the molecule is C=C/C=C(\C=C(/C)c1cc(-n2c3ccccc3c3c(-c4ccc5c(c4)c4ccccc4n5-c4ccccc4)cccc32)cc2c1sc1ccccc12)c1ccccc1. The number of benzene rings is 8. The Kier molecular flexibility index (Phi) is 8.09. The van der Waals surface area contributed by atoms with Gasteiger partial charge in [0.2, 0.25) is 0 Å². The highest BCUT2D eigenvalue weighted by Crippen LogP contribution is 2.44.